The van der Waals surface area contributed by atoms with Crippen molar-refractivity contribution in [2.75, 3.05) is 36.4 Å². The maximum atomic E-state index is 12.6. The van der Waals surface area contributed by atoms with Crippen molar-refractivity contribution >= 4 is 46.1 Å². The normalized spacial score (nSPS) is 13.8. The molecule has 2 amide bonds. The van der Waals surface area contributed by atoms with Crippen molar-refractivity contribution in [3.8, 4) is 0 Å². The molecular weight excluding hydrogens is 458 g/mol. The minimum absolute atomic E-state index is 0.155. The van der Waals surface area contributed by atoms with Gasteiger partial charge in [-0.3, -0.25) is 9.59 Å². The average Bonchev–Trinajstić information content (AvgIpc) is 3.30. The third-order valence-corrected chi connectivity index (χ3v) is 6.77. The fraction of sp³-hybridized carbons (Fsp3) is 0.333. The van der Waals surface area contributed by atoms with E-state index in [0.717, 1.165) is 40.1 Å². The minimum Gasteiger partial charge on any atom is -0.368 e. The number of anilines is 2. The van der Waals surface area contributed by atoms with Gasteiger partial charge in [0.15, 0.2) is 0 Å². The lowest BCUT2D eigenvalue weighted by Gasteiger charge is -2.36. The summed E-state index contributed by atoms with van der Waals surface area (Å²) in [6, 6.07) is 15.4. The van der Waals surface area contributed by atoms with E-state index in [1.807, 2.05) is 60.4 Å². The molecular formula is C24H26ClN5O2S. The molecule has 2 aromatic carbocycles. The van der Waals surface area contributed by atoms with Crippen LogP contribution in [-0.2, 0) is 11.2 Å². The molecule has 1 aliphatic rings. The monoisotopic (exact) mass is 483 g/mol. The molecule has 1 saturated heterocycles. The van der Waals surface area contributed by atoms with Crippen LogP contribution in [0.5, 0.6) is 0 Å². The number of halogens is 1. The predicted octanol–water partition coefficient (Wildman–Crippen LogP) is 4.42. The van der Waals surface area contributed by atoms with E-state index in [1.54, 1.807) is 0 Å². The molecule has 7 nitrogen and oxygen atoms in total. The highest BCUT2D eigenvalue weighted by atomic mass is 35.5. The first-order chi connectivity index (χ1) is 16.0. The van der Waals surface area contributed by atoms with E-state index in [4.69, 9.17) is 11.6 Å². The lowest BCUT2D eigenvalue weighted by molar-refractivity contribution is -0.131. The fourth-order valence-electron chi connectivity index (χ4n) is 3.70. The van der Waals surface area contributed by atoms with Gasteiger partial charge in [-0.25, -0.2) is 0 Å². The molecule has 1 N–H and O–H groups in total. The zero-order chi connectivity index (χ0) is 23.2. The van der Waals surface area contributed by atoms with Crippen molar-refractivity contribution < 1.29 is 9.59 Å². The van der Waals surface area contributed by atoms with Crippen molar-refractivity contribution in [2.45, 2.75) is 26.2 Å². The second-order valence-corrected chi connectivity index (χ2v) is 9.52. The lowest BCUT2D eigenvalue weighted by Crippen LogP contribution is -2.48. The van der Waals surface area contributed by atoms with Crippen LogP contribution in [0.1, 0.15) is 33.2 Å². The van der Waals surface area contributed by atoms with Crippen molar-refractivity contribution in [3.05, 3.63) is 69.1 Å². The minimum atomic E-state index is -0.267. The van der Waals surface area contributed by atoms with Gasteiger partial charge < -0.3 is 15.1 Å². The highest BCUT2D eigenvalue weighted by Gasteiger charge is 2.21. The Hall–Kier alpha value is -2.97. The summed E-state index contributed by atoms with van der Waals surface area (Å²) < 4.78 is 0. The Morgan fingerprint density at radius 3 is 2.55 bits per heavy atom. The average molecular weight is 484 g/mol. The first-order valence-electron chi connectivity index (χ1n) is 11.0. The Morgan fingerprint density at radius 2 is 1.82 bits per heavy atom. The Labute approximate surface area is 202 Å². The number of amides is 2. The van der Waals surface area contributed by atoms with Gasteiger partial charge in [0.1, 0.15) is 5.01 Å². The van der Waals surface area contributed by atoms with E-state index in [9.17, 15) is 9.59 Å². The van der Waals surface area contributed by atoms with Gasteiger partial charge in [-0.05, 0) is 43.7 Å². The maximum Gasteiger partial charge on any atom is 0.286 e. The quantitative estimate of drug-likeness (QED) is 0.538. The summed E-state index contributed by atoms with van der Waals surface area (Å²) in [5.41, 5.74) is 2.94. The van der Waals surface area contributed by atoms with E-state index in [2.05, 4.69) is 20.4 Å². The molecule has 0 spiro atoms. The summed E-state index contributed by atoms with van der Waals surface area (Å²) in [6.45, 7) is 4.99. The molecule has 0 aliphatic carbocycles. The molecule has 0 unspecified atom stereocenters. The van der Waals surface area contributed by atoms with Crippen molar-refractivity contribution in [3.63, 3.8) is 0 Å². The molecule has 1 aromatic heterocycles. The van der Waals surface area contributed by atoms with Gasteiger partial charge >= 0.3 is 0 Å². The first-order valence-corrected chi connectivity index (χ1v) is 12.2. The van der Waals surface area contributed by atoms with Crippen LogP contribution < -0.4 is 10.2 Å². The van der Waals surface area contributed by atoms with Crippen LogP contribution in [0, 0.1) is 6.92 Å². The van der Waals surface area contributed by atoms with Gasteiger partial charge in [-0.2, -0.15) is 0 Å². The van der Waals surface area contributed by atoms with Crippen molar-refractivity contribution in [2.24, 2.45) is 0 Å². The topological polar surface area (TPSA) is 78.4 Å². The maximum absolute atomic E-state index is 12.6. The SMILES string of the molecule is Cc1ccc(NC(=O)c2nnc(CCCC(=O)N3CCN(c4cccc(Cl)c4)CC3)s2)cc1. The molecule has 172 valence electrons. The number of piperazine rings is 1. The molecule has 0 radical (unpaired) electrons. The van der Waals surface area contributed by atoms with Gasteiger partial charge in [0.2, 0.25) is 10.9 Å². The molecule has 0 saturated carbocycles. The van der Waals surface area contributed by atoms with Gasteiger partial charge in [0, 0.05) is 55.4 Å². The summed E-state index contributed by atoms with van der Waals surface area (Å²) >= 11 is 7.36. The highest BCUT2D eigenvalue weighted by molar-refractivity contribution is 7.13. The van der Waals surface area contributed by atoms with Crippen LogP contribution in [0.15, 0.2) is 48.5 Å². The van der Waals surface area contributed by atoms with Crippen LogP contribution >= 0.6 is 22.9 Å². The fourth-order valence-corrected chi connectivity index (χ4v) is 4.66. The summed E-state index contributed by atoms with van der Waals surface area (Å²) in [6.07, 6.45) is 1.77. The number of nitrogens with zero attached hydrogens (tertiary/aromatic N) is 4. The first kappa shape index (κ1) is 23.2. The third kappa shape index (κ3) is 6.30. The molecule has 1 aliphatic heterocycles. The van der Waals surface area contributed by atoms with Gasteiger partial charge in [0.25, 0.3) is 5.91 Å². The second-order valence-electron chi connectivity index (χ2n) is 8.02. The Balaban J connectivity index is 1.20. The number of benzene rings is 2. The second kappa shape index (κ2) is 10.8. The molecule has 9 heteroatoms. The van der Waals surface area contributed by atoms with Crippen LogP contribution in [0.25, 0.3) is 0 Å². The smallest absolute Gasteiger partial charge is 0.286 e. The van der Waals surface area contributed by atoms with E-state index >= 15 is 0 Å². The van der Waals surface area contributed by atoms with E-state index < -0.39 is 0 Å². The predicted molar refractivity (Wildman–Crippen MR) is 132 cm³/mol. The van der Waals surface area contributed by atoms with Crippen molar-refractivity contribution in [1.29, 1.82) is 0 Å². The summed E-state index contributed by atoms with van der Waals surface area (Å²) in [7, 11) is 0. The number of carbonyl (C=O) groups is 2. The molecule has 2 heterocycles. The number of carbonyl (C=O) groups excluding carboxylic acids is 2. The number of hydrogen-bond acceptors (Lipinski definition) is 6. The van der Waals surface area contributed by atoms with Crippen LogP contribution in [0.3, 0.4) is 0 Å². The zero-order valence-electron chi connectivity index (χ0n) is 18.5. The van der Waals surface area contributed by atoms with E-state index in [1.165, 1.54) is 11.3 Å². The summed E-state index contributed by atoms with van der Waals surface area (Å²) in [5, 5.41) is 12.8. The summed E-state index contributed by atoms with van der Waals surface area (Å²) in [4.78, 5) is 29.2. The summed E-state index contributed by atoms with van der Waals surface area (Å²) in [5.74, 6) is -0.112. The highest BCUT2D eigenvalue weighted by Crippen LogP contribution is 2.21. The Morgan fingerprint density at radius 1 is 1.06 bits per heavy atom. The van der Waals surface area contributed by atoms with Gasteiger partial charge in [-0.15, -0.1) is 10.2 Å². The Kier molecular flexibility index (Phi) is 7.57. The van der Waals surface area contributed by atoms with Gasteiger partial charge in [0.05, 0.1) is 0 Å². The lowest BCUT2D eigenvalue weighted by atomic mass is 10.2. The van der Waals surface area contributed by atoms with Crippen LogP contribution in [0.4, 0.5) is 11.4 Å². The molecule has 0 bridgehead atoms. The van der Waals surface area contributed by atoms with E-state index in [-0.39, 0.29) is 11.8 Å². The number of hydrogen-bond donors (Lipinski definition) is 1. The largest absolute Gasteiger partial charge is 0.368 e. The number of nitrogens with one attached hydrogen (secondary N) is 1. The van der Waals surface area contributed by atoms with E-state index in [0.29, 0.717) is 37.4 Å². The van der Waals surface area contributed by atoms with Crippen LogP contribution in [0.2, 0.25) is 5.02 Å². The Bertz CT molecular complexity index is 1110. The molecule has 4 rings (SSSR count). The molecule has 33 heavy (non-hydrogen) atoms. The zero-order valence-corrected chi connectivity index (χ0v) is 20.0. The van der Waals surface area contributed by atoms with Gasteiger partial charge in [-0.1, -0.05) is 46.7 Å². The third-order valence-electron chi connectivity index (χ3n) is 5.56. The molecule has 0 atom stereocenters. The number of aromatic nitrogens is 2. The molecule has 1 fully saturated rings. The number of rotatable bonds is 7. The molecule has 3 aromatic rings. The van der Waals surface area contributed by atoms with Crippen LogP contribution in [-0.4, -0.2) is 53.1 Å². The van der Waals surface area contributed by atoms with Crippen molar-refractivity contribution in [1.82, 2.24) is 15.1 Å². The number of aryl methyl sites for hydroxylation is 2. The standard InChI is InChI=1S/C24H26ClN5O2S/c1-17-8-10-19(11-9-17)26-23(32)24-28-27-21(33-24)6-3-7-22(31)30-14-12-29(13-15-30)20-5-2-4-18(25)16-20/h2,4-5,8-11,16H,3,6-7,12-15H2,1H3,(H,26,32).